The molecule has 0 radical (unpaired) electrons. The summed E-state index contributed by atoms with van der Waals surface area (Å²) >= 11 is 0. The van der Waals surface area contributed by atoms with E-state index < -0.39 is 11.5 Å². The summed E-state index contributed by atoms with van der Waals surface area (Å²) in [6.45, 7) is 0. The Labute approximate surface area is 159 Å². The van der Waals surface area contributed by atoms with Gasteiger partial charge in [-0.3, -0.25) is 9.59 Å². The number of benzene rings is 2. The van der Waals surface area contributed by atoms with E-state index in [0.717, 1.165) is 0 Å². The highest BCUT2D eigenvalue weighted by atomic mass is 16.3. The quantitative estimate of drug-likeness (QED) is 0.830. The number of hydrogen-bond donors (Lipinski definition) is 1. The SMILES string of the molecule is CN1C(=O)[C@@](O)(CC(=O)c2ccc(C3CCCCC3)cc2)c2ccccc21. The van der Waals surface area contributed by atoms with Gasteiger partial charge in [-0.1, -0.05) is 61.7 Å². The fourth-order valence-corrected chi connectivity index (χ4v) is 4.50. The first-order valence-corrected chi connectivity index (χ1v) is 9.74. The summed E-state index contributed by atoms with van der Waals surface area (Å²) in [6.07, 6.45) is 6.04. The minimum atomic E-state index is -1.79. The zero-order valence-corrected chi connectivity index (χ0v) is 15.6. The van der Waals surface area contributed by atoms with E-state index in [1.54, 1.807) is 25.2 Å². The minimum Gasteiger partial charge on any atom is -0.375 e. The highest BCUT2D eigenvalue weighted by molar-refractivity contribution is 6.10. The first-order valence-electron chi connectivity index (χ1n) is 9.74. The van der Waals surface area contributed by atoms with Gasteiger partial charge in [0.25, 0.3) is 5.91 Å². The van der Waals surface area contributed by atoms with Gasteiger partial charge in [0, 0.05) is 18.2 Å². The Morgan fingerprint density at radius 1 is 1.07 bits per heavy atom. The van der Waals surface area contributed by atoms with Gasteiger partial charge in [0.05, 0.1) is 12.1 Å². The molecule has 140 valence electrons. The number of amides is 1. The predicted octanol–water partition coefficient (Wildman–Crippen LogP) is 4.17. The second-order valence-corrected chi connectivity index (χ2v) is 7.80. The molecule has 1 atom stereocenters. The van der Waals surface area contributed by atoms with Crippen LogP contribution in [0.5, 0.6) is 0 Å². The number of carbonyl (C=O) groups excluding carboxylic acids is 2. The summed E-state index contributed by atoms with van der Waals surface area (Å²) in [4.78, 5) is 26.9. The molecule has 4 heteroatoms. The lowest BCUT2D eigenvalue weighted by Crippen LogP contribution is -2.40. The zero-order valence-electron chi connectivity index (χ0n) is 15.6. The highest BCUT2D eigenvalue weighted by Crippen LogP contribution is 2.42. The Hall–Kier alpha value is -2.46. The van der Waals surface area contributed by atoms with Crippen LogP contribution in [0, 0.1) is 0 Å². The molecule has 4 rings (SSSR count). The highest BCUT2D eigenvalue weighted by Gasteiger charge is 2.49. The van der Waals surface area contributed by atoms with Crippen molar-refractivity contribution in [2.24, 2.45) is 0 Å². The van der Waals surface area contributed by atoms with Crippen molar-refractivity contribution in [2.45, 2.75) is 50.0 Å². The third-order valence-corrected chi connectivity index (χ3v) is 6.10. The van der Waals surface area contributed by atoms with Crippen molar-refractivity contribution < 1.29 is 14.7 Å². The second kappa shape index (κ2) is 6.93. The van der Waals surface area contributed by atoms with E-state index in [-0.39, 0.29) is 12.2 Å². The van der Waals surface area contributed by atoms with Crippen LogP contribution in [-0.4, -0.2) is 23.8 Å². The van der Waals surface area contributed by atoms with E-state index in [0.29, 0.717) is 22.7 Å². The first kappa shape index (κ1) is 17.9. The Balaban J connectivity index is 1.54. The van der Waals surface area contributed by atoms with E-state index in [4.69, 9.17) is 0 Å². The molecular formula is C23H25NO3. The largest absolute Gasteiger partial charge is 0.375 e. The van der Waals surface area contributed by atoms with Crippen molar-refractivity contribution in [3.8, 4) is 0 Å². The molecule has 1 heterocycles. The Kier molecular flexibility index (Phi) is 4.60. The van der Waals surface area contributed by atoms with E-state index in [1.807, 2.05) is 30.3 Å². The van der Waals surface area contributed by atoms with Crippen LogP contribution in [-0.2, 0) is 10.4 Å². The lowest BCUT2D eigenvalue weighted by molar-refractivity contribution is -0.135. The van der Waals surface area contributed by atoms with Crippen LogP contribution in [0.15, 0.2) is 48.5 Å². The number of aliphatic hydroxyl groups is 1. The number of nitrogens with zero attached hydrogens (tertiary/aromatic N) is 1. The third-order valence-electron chi connectivity index (χ3n) is 6.10. The van der Waals surface area contributed by atoms with Crippen molar-refractivity contribution >= 4 is 17.4 Å². The van der Waals surface area contributed by atoms with Gasteiger partial charge in [-0.05, 0) is 30.4 Å². The number of para-hydroxylation sites is 1. The van der Waals surface area contributed by atoms with E-state index in [1.165, 1.54) is 42.6 Å². The molecule has 2 aromatic rings. The topological polar surface area (TPSA) is 57.6 Å². The summed E-state index contributed by atoms with van der Waals surface area (Å²) in [5.74, 6) is -0.0777. The molecule has 0 aromatic heterocycles. The monoisotopic (exact) mass is 363 g/mol. The Morgan fingerprint density at radius 3 is 2.44 bits per heavy atom. The maximum atomic E-state index is 12.8. The number of carbonyl (C=O) groups is 2. The van der Waals surface area contributed by atoms with Crippen LogP contribution in [0.1, 0.15) is 65.9 Å². The summed E-state index contributed by atoms with van der Waals surface area (Å²) in [6, 6.07) is 14.8. The number of ketones is 1. The summed E-state index contributed by atoms with van der Waals surface area (Å²) < 4.78 is 0. The smallest absolute Gasteiger partial charge is 0.263 e. The molecule has 4 nitrogen and oxygen atoms in total. The number of fused-ring (bicyclic) bond motifs is 1. The molecule has 2 aliphatic rings. The molecule has 27 heavy (non-hydrogen) atoms. The maximum absolute atomic E-state index is 12.8. The number of likely N-dealkylation sites (N-methyl/N-ethyl adjacent to an activating group) is 1. The lowest BCUT2D eigenvalue weighted by Gasteiger charge is -2.23. The molecule has 1 N–H and O–H groups in total. The molecule has 0 unspecified atom stereocenters. The first-order chi connectivity index (χ1) is 13.0. The number of hydrogen-bond acceptors (Lipinski definition) is 3. The zero-order chi connectivity index (χ0) is 19.0. The van der Waals surface area contributed by atoms with Gasteiger partial charge in [-0.2, -0.15) is 0 Å². The molecule has 0 spiro atoms. The van der Waals surface area contributed by atoms with Crippen molar-refractivity contribution in [1.82, 2.24) is 0 Å². The van der Waals surface area contributed by atoms with Gasteiger partial charge >= 0.3 is 0 Å². The molecule has 0 saturated heterocycles. The van der Waals surface area contributed by atoms with Crippen LogP contribution < -0.4 is 4.90 Å². The van der Waals surface area contributed by atoms with E-state index in [9.17, 15) is 14.7 Å². The second-order valence-electron chi connectivity index (χ2n) is 7.80. The standard InChI is InChI=1S/C23H25NO3/c1-24-20-10-6-5-9-19(20)23(27,22(24)26)15-21(25)18-13-11-17(12-14-18)16-7-3-2-4-8-16/h5-6,9-14,16,27H,2-4,7-8,15H2,1H3/t23-/m1/s1. The summed E-state index contributed by atoms with van der Waals surface area (Å²) in [5.41, 5.74) is 1.20. The fraction of sp³-hybridized carbons (Fsp3) is 0.391. The van der Waals surface area contributed by atoms with Crippen LogP contribution in [0.4, 0.5) is 5.69 Å². The fourth-order valence-electron chi connectivity index (χ4n) is 4.50. The molecule has 1 saturated carbocycles. The number of rotatable bonds is 4. The summed E-state index contributed by atoms with van der Waals surface area (Å²) in [5, 5.41) is 11.1. The predicted molar refractivity (Wildman–Crippen MR) is 105 cm³/mol. The van der Waals surface area contributed by atoms with Crippen molar-refractivity contribution in [3.05, 3.63) is 65.2 Å². The molecular weight excluding hydrogens is 338 g/mol. The van der Waals surface area contributed by atoms with Crippen LogP contribution >= 0.6 is 0 Å². The molecule has 1 fully saturated rings. The van der Waals surface area contributed by atoms with Gasteiger partial charge < -0.3 is 10.0 Å². The van der Waals surface area contributed by atoms with E-state index >= 15 is 0 Å². The Morgan fingerprint density at radius 2 is 1.74 bits per heavy atom. The molecule has 0 bridgehead atoms. The Bertz CT molecular complexity index is 867. The molecule has 2 aromatic carbocycles. The van der Waals surface area contributed by atoms with Gasteiger partial charge in [0.2, 0.25) is 0 Å². The molecule has 1 aliphatic heterocycles. The minimum absolute atomic E-state index is 0.217. The molecule has 1 amide bonds. The normalized spacial score (nSPS) is 22.7. The van der Waals surface area contributed by atoms with Gasteiger partial charge in [0.1, 0.15) is 0 Å². The third kappa shape index (κ3) is 3.08. The lowest BCUT2D eigenvalue weighted by atomic mass is 9.83. The van der Waals surface area contributed by atoms with Gasteiger partial charge in [-0.25, -0.2) is 0 Å². The van der Waals surface area contributed by atoms with E-state index in [2.05, 4.69) is 0 Å². The number of Topliss-reactive ketones (excluding diaryl/α,β-unsaturated/α-hetero) is 1. The van der Waals surface area contributed by atoms with Crippen molar-refractivity contribution in [3.63, 3.8) is 0 Å². The van der Waals surface area contributed by atoms with Crippen molar-refractivity contribution in [1.29, 1.82) is 0 Å². The van der Waals surface area contributed by atoms with Gasteiger partial charge in [0.15, 0.2) is 11.4 Å². The molecule has 1 aliphatic carbocycles. The number of anilines is 1. The average Bonchev–Trinajstić information content (AvgIpc) is 2.90. The van der Waals surface area contributed by atoms with Crippen LogP contribution in [0.3, 0.4) is 0 Å². The summed E-state index contributed by atoms with van der Waals surface area (Å²) in [7, 11) is 1.63. The maximum Gasteiger partial charge on any atom is 0.263 e. The van der Waals surface area contributed by atoms with Crippen LogP contribution in [0.25, 0.3) is 0 Å². The van der Waals surface area contributed by atoms with Gasteiger partial charge in [-0.15, -0.1) is 0 Å². The van der Waals surface area contributed by atoms with Crippen molar-refractivity contribution in [2.75, 3.05) is 11.9 Å². The van der Waals surface area contributed by atoms with Crippen LogP contribution in [0.2, 0.25) is 0 Å². The average molecular weight is 363 g/mol.